The van der Waals surface area contributed by atoms with E-state index >= 15 is 0 Å². The van der Waals surface area contributed by atoms with Gasteiger partial charge in [0.05, 0.1) is 10.7 Å². The standard InChI is InChI=1S/C13H10ClN/c14-11-7-9-5-1-3-8-4-2-6-10(12(8)9)13(11)15/h1-4,6-7H,5,15H2. The van der Waals surface area contributed by atoms with Gasteiger partial charge in [-0.05, 0) is 29.0 Å². The van der Waals surface area contributed by atoms with Gasteiger partial charge < -0.3 is 5.73 Å². The first kappa shape index (κ1) is 8.81. The molecule has 0 amide bonds. The van der Waals surface area contributed by atoms with Crippen molar-refractivity contribution in [2.75, 3.05) is 5.73 Å². The largest absolute Gasteiger partial charge is 0.397 e. The van der Waals surface area contributed by atoms with Gasteiger partial charge in [-0.1, -0.05) is 42.0 Å². The molecule has 2 heteroatoms. The van der Waals surface area contributed by atoms with Crippen LogP contribution >= 0.6 is 11.6 Å². The lowest BCUT2D eigenvalue weighted by atomic mass is 9.92. The fourth-order valence-electron chi connectivity index (χ4n) is 2.20. The SMILES string of the molecule is Nc1c(Cl)cc2c3c(cccc13)C=CC2. The Morgan fingerprint density at radius 1 is 1.27 bits per heavy atom. The van der Waals surface area contributed by atoms with E-state index in [0.29, 0.717) is 10.7 Å². The van der Waals surface area contributed by atoms with Crippen LogP contribution in [0.1, 0.15) is 11.1 Å². The van der Waals surface area contributed by atoms with Gasteiger partial charge in [-0.15, -0.1) is 0 Å². The molecule has 1 aliphatic rings. The molecule has 2 aromatic rings. The summed E-state index contributed by atoms with van der Waals surface area (Å²) in [6.07, 6.45) is 5.24. The highest BCUT2D eigenvalue weighted by Crippen LogP contribution is 2.36. The monoisotopic (exact) mass is 215 g/mol. The number of rotatable bonds is 0. The number of anilines is 1. The van der Waals surface area contributed by atoms with Crippen molar-refractivity contribution in [3.63, 3.8) is 0 Å². The van der Waals surface area contributed by atoms with E-state index in [1.807, 2.05) is 18.2 Å². The van der Waals surface area contributed by atoms with Crippen LogP contribution in [0.2, 0.25) is 5.02 Å². The Bertz CT molecular complexity index is 585. The maximum atomic E-state index is 6.10. The fraction of sp³-hybridized carbons (Fsp3) is 0.0769. The Labute approximate surface area is 93.2 Å². The molecule has 3 rings (SSSR count). The third-order valence-electron chi connectivity index (χ3n) is 2.90. The maximum absolute atomic E-state index is 6.10. The molecule has 15 heavy (non-hydrogen) atoms. The predicted octanol–water partition coefficient (Wildman–Crippen LogP) is 3.64. The normalized spacial score (nSPS) is 13.4. The second-order valence-electron chi connectivity index (χ2n) is 3.81. The Hall–Kier alpha value is -1.47. The van der Waals surface area contributed by atoms with Gasteiger partial charge in [0.15, 0.2) is 0 Å². The van der Waals surface area contributed by atoms with Gasteiger partial charge in [-0.3, -0.25) is 0 Å². The van der Waals surface area contributed by atoms with Crippen molar-refractivity contribution in [3.05, 3.63) is 46.5 Å². The number of hydrogen-bond acceptors (Lipinski definition) is 1. The molecular weight excluding hydrogens is 206 g/mol. The number of benzene rings is 2. The first-order valence-electron chi connectivity index (χ1n) is 4.93. The summed E-state index contributed by atoms with van der Waals surface area (Å²) < 4.78 is 0. The molecule has 0 atom stereocenters. The molecule has 0 saturated carbocycles. The van der Waals surface area contributed by atoms with Gasteiger partial charge in [-0.2, -0.15) is 0 Å². The van der Waals surface area contributed by atoms with E-state index in [9.17, 15) is 0 Å². The minimum atomic E-state index is 0.657. The van der Waals surface area contributed by atoms with Gasteiger partial charge >= 0.3 is 0 Å². The minimum Gasteiger partial charge on any atom is -0.397 e. The molecular formula is C13H10ClN. The van der Waals surface area contributed by atoms with E-state index in [4.69, 9.17) is 17.3 Å². The van der Waals surface area contributed by atoms with Crippen LogP contribution in [0.5, 0.6) is 0 Å². The Balaban J connectivity index is 2.56. The summed E-state index contributed by atoms with van der Waals surface area (Å²) in [6, 6.07) is 8.13. The van der Waals surface area contributed by atoms with Gasteiger partial charge in [0.25, 0.3) is 0 Å². The van der Waals surface area contributed by atoms with Crippen LogP contribution in [-0.4, -0.2) is 0 Å². The van der Waals surface area contributed by atoms with Gasteiger partial charge in [0.1, 0.15) is 0 Å². The lowest BCUT2D eigenvalue weighted by molar-refractivity contribution is 1.29. The quantitative estimate of drug-likeness (QED) is 0.667. The third-order valence-corrected chi connectivity index (χ3v) is 3.21. The average molecular weight is 216 g/mol. The number of nitrogen functional groups attached to an aromatic ring is 1. The minimum absolute atomic E-state index is 0.657. The zero-order valence-electron chi connectivity index (χ0n) is 8.13. The molecule has 0 spiro atoms. The van der Waals surface area contributed by atoms with Crippen LogP contribution in [0, 0.1) is 0 Å². The van der Waals surface area contributed by atoms with Crippen LogP contribution in [0.25, 0.3) is 16.8 Å². The van der Waals surface area contributed by atoms with Crippen LogP contribution in [0.15, 0.2) is 30.3 Å². The van der Waals surface area contributed by atoms with E-state index in [2.05, 4.69) is 18.2 Å². The molecule has 0 unspecified atom stereocenters. The summed E-state index contributed by atoms with van der Waals surface area (Å²) in [6.45, 7) is 0. The van der Waals surface area contributed by atoms with Crippen LogP contribution in [0.4, 0.5) is 5.69 Å². The zero-order chi connectivity index (χ0) is 10.4. The van der Waals surface area contributed by atoms with E-state index in [-0.39, 0.29) is 0 Å². The molecule has 74 valence electrons. The van der Waals surface area contributed by atoms with E-state index in [0.717, 1.165) is 11.8 Å². The third kappa shape index (κ3) is 1.17. The van der Waals surface area contributed by atoms with E-state index in [1.54, 1.807) is 0 Å². The fourth-order valence-corrected chi connectivity index (χ4v) is 2.43. The summed E-state index contributed by atoms with van der Waals surface area (Å²) in [4.78, 5) is 0. The molecule has 0 saturated heterocycles. The molecule has 0 fully saturated rings. The maximum Gasteiger partial charge on any atom is 0.0644 e. The van der Waals surface area contributed by atoms with Crippen molar-refractivity contribution in [3.8, 4) is 0 Å². The second kappa shape index (κ2) is 3.01. The van der Waals surface area contributed by atoms with Crippen molar-refractivity contribution in [2.45, 2.75) is 6.42 Å². The van der Waals surface area contributed by atoms with Crippen LogP contribution < -0.4 is 5.73 Å². The molecule has 0 aliphatic heterocycles. The first-order chi connectivity index (χ1) is 7.27. The molecule has 2 aromatic carbocycles. The summed E-state index contributed by atoms with van der Waals surface area (Å²) in [5.74, 6) is 0. The van der Waals surface area contributed by atoms with Crippen LogP contribution in [-0.2, 0) is 6.42 Å². The topological polar surface area (TPSA) is 26.0 Å². The van der Waals surface area contributed by atoms with Crippen molar-refractivity contribution in [1.82, 2.24) is 0 Å². The lowest BCUT2D eigenvalue weighted by Crippen LogP contribution is -1.97. The number of nitrogens with two attached hydrogens (primary N) is 1. The van der Waals surface area contributed by atoms with Crippen molar-refractivity contribution >= 4 is 34.1 Å². The van der Waals surface area contributed by atoms with Gasteiger partial charge in [0.2, 0.25) is 0 Å². The highest BCUT2D eigenvalue weighted by Gasteiger charge is 2.12. The molecule has 0 heterocycles. The van der Waals surface area contributed by atoms with E-state index in [1.165, 1.54) is 16.5 Å². The summed E-state index contributed by atoms with van der Waals surface area (Å²) in [5.41, 5.74) is 9.17. The molecule has 1 nitrogen and oxygen atoms in total. The Kier molecular flexibility index (Phi) is 1.77. The number of halogens is 1. The first-order valence-corrected chi connectivity index (χ1v) is 5.31. The highest BCUT2D eigenvalue weighted by molar-refractivity contribution is 6.35. The molecule has 0 radical (unpaired) electrons. The van der Waals surface area contributed by atoms with Crippen molar-refractivity contribution < 1.29 is 0 Å². The average Bonchev–Trinajstić information content (AvgIpc) is 2.26. The van der Waals surface area contributed by atoms with Crippen LogP contribution in [0.3, 0.4) is 0 Å². The van der Waals surface area contributed by atoms with E-state index < -0.39 is 0 Å². The molecule has 0 bridgehead atoms. The van der Waals surface area contributed by atoms with Crippen molar-refractivity contribution in [1.29, 1.82) is 0 Å². The van der Waals surface area contributed by atoms with Gasteiger partial charge in [-0.25, -0.2) is 0 Å². The highest BCUT2D eigenvalue weighted by atomic mass is 35.5. The predicted molar refractivity (Wildman–Crippen MR) is 66.1 cm³/mol. The Morgan fingerprint density at radius 2 is 2.13 bits per heavy atom. The van der Waals surface area contributed by atoms with Crippen molar-refractivity contribution in [2.24, 2.45) is 0 Å². The summed E-state index contributed by atoms with van der Waals surface area (Å²) in [5, 5.41) is 2.98. The number of allylic oxidation sites excluding steroid dienone is 1. The smallest absolute Gasteiger partial charge is 0.0644 e. The molecule has 1 aliphatic carbocycles. The summed E-state index contributed by atoms with van der Waals surface area (Å²) in [7, 11) is 0. The number of hydrogen-bond donors (Lipinski definition) is 1. The lowest BCUT2D eigenvalue weighted by Gasteiger charge is -2.15. The second-order valence-corrected chi connectivity index (χ2v) is 4.21. The summed E-state index contributed by atoms with van der Waals surface area (Å²) >= 11 is 6.10. The molecule has 2 N–H and O–H groups in total. The molecule has 0 aromatic heterocycles. The van der Waals surface area contributed by atoms with Gasteiger partial charge in [0, 0.05) is 5.39 Å². The zero-order valence-corrected chi connectivity index (χ0v) is 8.88. The Morgan fingerprint density at radius 3 is 3.00 bits per heavy atom.